The predicted octanol–water partition coefficient (Wildman–Crippen LogP) is 3.81. The summed E-state index contributed by atoms with van der Waals surface area (Å²) in [5.74, 6) is 0. The smallest absolute Gasteiger partial charge is 0.0657 e. The molecule has 0 radical (unpaired) electrons. The number of nitrogens with zero attached hydrogens (tertiary/aromatic N) is 1. The molecule has 0 bridgehead atoms. The van der Waals surface area contributed by atoms with Gasteiger partial charge in [-0.15, -0.1) is 0 Å². The van der Waals surface area contributed by atoms with Crippen molar-refractivity contribution in [1.82, 2.24) is 0 Å². The predicted molar refractivity (Wildman–Crippen MR) is 59.0 cm³/mol. The molecular weight excluding hydrogens is 158 g/mol. The maximum atomic E-state index is 4.43. The summed E-state index contributed by atoms with van der Waals surface area (Å²) in [6, 6.07) is 6.24. The maximum absolute atomic E-state index is 4.43. The van der Waals surface area contributed by atoms with Gasteiger partial charge in [-0.2, -0.15) is 0 Å². The molecule has 0 aliphatic rings. The van der Waals surface area contributed by atoms with Crippen LogP contribution >= 0.6 is 0 Å². The Morgan fingerprint density at radius 1 is 1.31 bits per heavy atom. The standard InChI is InChI=1S/C12H17N/c1-4-5-9-13-12-8-6-7-10(2)11(12)3/h6-9H,4-5H2,1-3H3. The minimum absolute atomic E-state index is 1.06. The van der Waals surface area contributed by atoms with Crippen molar-refractivity contribution in [2.24, 2.45) is 4.99 Å². The molecule has 0 fully saturated rings. The molecule has 0 aliphatic carbocycles. The lowest BCUT2D eigenvalue weighted by Crippen LogP contribution is -1.81. The second-order valence-electron chi connectivity index (χ2n) is 3.32. The van der Waals surface area contributed by atoms with Gasteiger partial charge in [-0.1, -0.05) is 25.5 Å². The van der Waals surface area contributed by atoms with Crippen LogP contribution in [0.5, 0.6) is 0 Å². The molecule has 0 saturated heterocycles. The van der Waals surface area contributed by atoms with Gasteiger partial charge >= 0.3 is 0 Å². The van der Waals surface area contributed by atoms with Crippen LogP contribution in [0.15, 0.2) is 23.2 Å². The molecule has 0 spiro atoms. The Bertz CT molecular complexity index is 300. The van der Waals surface area contributed by atoms with Crippen LogP contribution in [0.1, 0.15) is 30.9 Å². The van der Waals surface area contributed by atoms with Crippen molar-refractivity contribution in [2.75, 3.05) is 0 Å². The normalized spacial score (nSPS) is 11.0. The zero-order chi connectivity index (χ0) is 9.68. The third-order valence-corrected chi connectivity index (χ3v) is 2.22. The maximum Gasteiger partial charge on any atom is 0.0657 e. The summed E-state index contributed by atoms with van der Waals surface area (Å²) in [6.07, 6.45) is 4.23. The van der Waals surface area contributed by atoms with Crippen LogP contribution < -0.4 is 0 Å². The minimum Gasteiger partial charge on any atom is -0.261 e. The Morgan fingerprint density at radius 3 is 2.77 bits per heavy atom. The van der Waals surface area contributed by atoms with Gasteiger partial charge < -0.3 is 0 Å². The summed E-state index contributed by atoms with van der Waals surface area (Å²) in [5, 5.41) is 0. The van der Waals surface area contributed by atoms with E-state index in [2.05, 4.69) is 44.0 Å². The fourth-order valence-electron chi connectivity index (χ4n) is 1.17. The first kappa shape index (κ1) is 9.97. The third-order valence-electron chi connectivity index (χ3n) is 2.22. The lowest BCUT2D eigenvalue weighted by molar-refractivity contribution is 1.01. The molecule has 0 heterocycles. The first-order valence-electron chi connectivity index (χ1n) is 4.84. The van der Waals surface area contributed by atoms with Gasteiger partial charge in [-0.3, -0.25) is 4.99 Å². The number of aliphatic imine (C=N–C) groups is 1. The van der Waals surface area contributed by atoms with Crippen LogP contribution in [0.4, 0.5) is 5.69 Å². The van der Waals surface area contributed by atoms with Gasteiger partial charge in [0.2, 0.25) is 0 Å². The highest BCUT2D eigenvalue weighted by atomic mass is 14.7. The summed E-state index contributed by atoms with van der Waals surface area (Å²) in [6.45, 7) is 6.40. The van der Waals surface area contributed by atoms with E-state index in [1.54, 1.807) is 0 Å². The van der Waals surface area contributed by atoms with E-state index in [1.165, 1.54) is 11.1 Å². The molecule has 0 unspecified atom stereocenters. The van der Waals surface area contributed by atoms with Crippen molar-refractivity contribution in [3.8, 4) is 0 Å². The number of hydrogen-bond acceptors (Lipinski definition) is 1. The van der Waals surface area contributed by atoms with Crippen molar-refractivity contribution < 1.29 is 0 Å². The number of hydrogen-bond donors (Lipinski definition) is 0. The van der Waals surface area contributed by atoms with Gasteiger partial charge in [-0.25, -0.2) is 0 Å². The van der Waals surface area contributed by atoms with E-state index in [-0.39, 0.29) is 0 Å². The molecular formula is C12H17N. The summed E-state index contributed by atoms with van der Waals surface area (Å²) in [4.78, 5) is 4.43. The van der Waals surface area contributed by atoms with Gasteiger partial charge in [0.1, 0.15) is 0 Å². The molecule has 0 aliphatic heterocycles. The summed E-state index contributed by atoms with van der Waals surface area (Å²) in [5.41, 5.74) is 3.70. The van der Waals surface area contributed by atoms with Crippen molar-refractivity contribution in [3.05, 3.63) is 29.3 Å². The molecule has 1 nitrogen and oxygen atoms in total. The highest BCUT2D eigenvalue weighted by Gasteiger charge is 1.96. The second kappa shape index (κ2) is 4.80. The molecule has 13 heavy (non-hydrogen) atoms. The van der Waals surface area contributed by atoms with E-state index in [0.717, 1.165) is 18.5 Å². The fourth-order valence-corrected chi connectivity index (χ4v) is 1.17. The number of unbranched alkanes of at least 4 members (excludes halogenated alkanes) is 1. The lowest BCUT2D eigenvalue weighted by atomic mass is 10.1. The van der Waals surface area contributed by atoms with Gasteiger partial charge in [0.05, 0.1) is 5.69 Å². The topological polar surface area (TPSA) is 12.4 Å². The molecule has 70 valence electrons. The van der Waals surface area contributed by atoms with E-state index in [4.69, 9.17) is 0 Å². The highest BCUT2D eigenvalue weighted by Crippen LogP contribution is 2.20. The largest absolute Gasteiger partial charge is 0.261 e. The monoisotopic (exact) mass is 175 g/mol. The van der Waals surface area contributed by atoms with Crippen molar-refractivity contribution in [3.63, 3.8) is 0 Å². The van der Waals surface area contributed by atoms with Crippen LogP contribution in [0.2, 0.25) is 0 Å². The second-order valence-corrected chi connectivity index (χ2v) is 3.32. The van der Waals surface area contributed by atoms with Gasteiger partial charge in [-0.05, 0) is 37.5 Å². The Kier molecular flexibility index (Phi) is 3.69. The Balaban J connectivity index is 2.83. The molecule has 0 aromatic heterocycles. The van der Waals surface area contributed by atoms with Gasteiger partial charge in [0, 0.05) is 6.21 Å². The molecule has 0 amide bonds. The van der Waals surface area contributed by atoms with Crippen molar-refractivity contribution in [2.45, 2.75) is 33.6 Å². The zero-order valence-electron chi connectivity index (χ0n) is 8.67. The average molecular weight is 175 g/mol. The summed E-state index contributed by atoms with van der Waals surface area (Å²) >= 11 is 0. The Labute approximate surface area is 80.5 Å². The van der Waals surface area contributed by atoms with Crippen molar-refractivity contribution >= 4 is 11.9 Å². The van der Waals surface area contributed by atoms with Crippen LogP contribution in [0.3, 0.4) is 0 Å². The first-order chi connectivity index (χ1) is 6.25. The molecule has 0 N–H and O–H groups in total. The third kappa shape index (κ3) is 2.69. The Hall–Kier alpha value is -1.11. The fraction of sp³-hybridized carbons (Fsp3) is 0.417. The summed E-state index contributed by atoms with van der Waals surface area (Å²) < 4.78 is 0. The van der Waals surface area contributed by atoms with Gasteiger partial charge in [0.25, 0.3) is 0 Å². The highest BCUT2D eigenvalue weighted by molar-refractivity contribution is 5.65. The van der Waals surface area contributed by atoms with E-state index in [9.17, 15) is 0 Å². The molecule has 1 rings (SSSR count). The number of benzene rings is 1. The van der Waals surface area contributed by atoms with E-state index >= 15 is 0 Å². The lowest BCUT2D eigenvalue weighted by Gasteiger charge is -2.02. The number of aryl methyl sites for hydroxylation is 1. The van der Waals surface area contributed by atoms with Crippen molar-refractivity contribution in [1.29, 1.82) is 0 Å². The molecule has 1 aromatic rings. The van der Waals surface area contributed by atoms with E-state index < -0.39 is 0 Å². The molecule has 1 heteroatoms. The molecule has 0 saturated carbocycles. The SMILES string of the molecule is CCCC=Nc1cccc(C)c1C. The van der Waals surface area contributed by atoms with Crippen LogP contribution in [0, 0.1) is 13.8 Å². The molecule has 0 atom stereocenters. The average Bonchev–Trinajstić information content (AvgIpc) is 2.13. The zero-order valence-corrected chi connectivity index (χ0v) is 8.67. The van der Waals surface area contributed by atoms with E-state index in [0.29, 0.717) is 0 Å². The van der Waals surface area contributed by atoms with Gasteiger partial charge in [0.15, 0.2) is 0 Å². The minimum atomic E-state index is 1.06. The summed E-state index contributed by atoms with van der Waals surface area (Å²) in [7, 11) is 0. The van der Waals surface area contributed by atoms with Crippen LogP contribution in [-0.2, 0) is 0 Å². The van der Waals surface area contributed by atoms with Crippen LogP contribution in [-0.4, -0.2) is 6.21 Å². The van der Waals surface area contributed by atoms with Crippen LogP contribution in [0.25, 0.3) is 0 Å². The number of rotatable bonds is 3. The quantitative estimate of drug-likeness (QED) is 0.619. The molecule has 1 aromatic carbocycles. The Morgan fingerprint density at radius 2 is 2.08 bits per heavy atom. The first-order valence-corrected chi connectivity index (χ1v) is 4.84. The van der Waals surface area contributed by atoms with E-state index in [1.807, 2.05) is 6.21 Å².